The number of anilines is 1. The van der Waals surface area contributed by atoms with Gasteiger partial charge in [0.2, 0.25) is 0 Å². The molecule has 0 saturated carbocycles. The highest BCUT2D eigenvalue weighted by Gasteiger charge is 2.25. The number of pyridine rings is 1. The standard InChI is InChI=1S/C15H23N3O.C15H25N.C4H10.CH5P/c1-11(14-4-7-17-15(10-14)16-3)18-8-5-13(6-9-18)12(2)19;1-5-9-12-13(8-4)15(16)14(10-6-2)11-7-3;1-3-4-2;1-2/h4,7,10-11,13H,5-6,8-9H2,1-3H3,(H,16,17);5,8-9,12,14,16H,1,6-7,10-11H2,2-4H3;3-4H2,1-2H3;2H2,1H3/b;12-9-,13-8+,16-15?;;. The van der Waals surface area contributed by atoms with Gasteiger partial charge in [-0.15, -0.1) is 9.24 Å². The lowest BCUT2D eigenvalue weighted by Crippen LogP contribution is -2.37. The summed E-state index contributed by atoms with van der Waals surface area (Å²) in [6.07, 6.45) is 18.6. The van der Waals surface area contributed by atoms with Crippen LogP contribution in [0.2, 0.25) is 0 Å². The lowest BCUT2D eigenvalue weighted by Gasteiger charge is -2.35. The molecular formula is C35H63N4OP. The van der Waals surface area contributed by atoms with Crippen LogP contribution in [0, 0.1) is 17.2 Å². The van der Waals surface area contributed by atoms with Crippen LogP contribution in [0.1, 0.15) is 111 Å². The Hall–Kier alpha value is -2.10. The van der Waals surface area contributed by atoms with Crippen LogP contribution >= 0.6 is 9.24 Å². The van der Waals surface area contributed by atoms with Crippen molar-refractivity contribution < 1.29 is 4.79 Å². The molecule has 2 N–H and O–H groups in total. The zero-order chi connectivity index (χ0) is 31.6. The van der Waals surface area contributed by atoms with Gasteiger partial charge in [-0.25, -0.2) is 4.98 Å². The maximum Gasteiger partial charge on any atom is 0.133 e. The minimum Gasteiger partial charge on any atom is -0.373 e. The summed E-state index contributed by atoms with van der Waals surface area (Å²) in [5, 5.41) is 11.3. The van der Waals surface area contributed by atoms with E-state index in [9.17, 15) is 4.79 Å². The Labute approximate surface area is 256 Å². The van der Waals surface area contributed by atoms with Gasteiger partial charge in [-0.3, -0.25) is 9.69 Å². The Morgan fingerprint density at radius 1 is 1.15 bits per heavy atom. The Kier molecular flexibility index (Phi) is 26.8. The van der Waals surface area contributed by atoms with Gasteiger partial charge in [0.25, 0.3) is 0 Å². The predicted molar refractivity (Wildman–Crippen MR) is 188 cm³/mol. The van der Waals surface area contributed by atoms with Crippen LogP contribution < -0.4 is 5.32 Å². The summed E-state index contributed by atoms with van der Waals surface area (Å²) in [5.74, 6) is 1.93. The number of Topliss-reactive ketones (excluding diaryl/α,β-unsaturated/α-hetero) is 1. The van der Waals surface area contributed by atoms with Crippen molar-refractivity contribution in [1.29, 1.82) is 5.41 Å². The minimum atomic E-state index is 0.272. The molecule has 41 heavy (non-hydrogen) atoms. The topological polar surface area (TPSA) is 69.1 Å². The van der Waals surface area contributed by atoms with Crippen LogP contribution in [0.25, 0.3) is 0 Å². The Bertz CT molecular complexity index is 880. The van der Waals surface area contributed by atoms with Gasteiger partial charge in [-0.05, 0) is 82.8 Å². The van der Waals surface area contributed by atoms with Crippen LogP contribution in [0.5, 0.6) is 0 Å². The van der Waals surface area contributed by atoms with E-state index in [0.717, 1.165) is 68.7 Å². The summed E-state index contributed by atoms with van der Waals surface area (Å²) in [4.78, 5) is 18.1. The quantitative estimate of drug-likeness (QED) is 0.137. The van der Waals surface area contributed by atoms with Gasteiger partial charge in [-0.2, -0.15) is 0 Å². The molecule has 1 aliphatic heterocycles. The van der Waals surface area contributed by atoms with Gasteiger partial charge in [0.05, 0.1) is 0 Å². The summed E-state index contributed by atoms with van der Waals surface area (Å²) in [6, 6.07) is 4.55. The van der Waals surface area contributed by atoms with Crippen molar-refractivity contribution in [1.82, 2.24) is 9.88 Å². The van der Waals surface area contributed by atoms with Crippen molar-refractivity contribution in [3.63, 3.8) is 0 Å². The first-order valence-corrected chi connectivity index (χ1v) is 16.9. The van der Waals surface area contributed by atoms with Crippen molar-refractivity contribution in [2.45, 2.75) is 106 Å². The molecule has 1 aromatic rings. The highest BCUT2D eigenvalue weighted by molar-refractivity contribution is 7.15. The van der Waals surface area contributed by atoms with Gasteiger partial charge < -0.3 is 10.7 Å². The molecule has 5 nitrogen and oxygen atoms in total. The van der Waals surface area contributed by atoms with E-state index in [1.807, 2.05) is 45.1 Å². The molecule has 1 saturated heterocycles. The molecule has 0 bridgehead atoms. The molecule has 0 radical (unpaired) electrons. The summed E-state index contributed by atoms with van der Waals surface area (Å²) in [5.41, 5.74) is 3.09. The average molecular weight is 587 g/mol. The number of carbonyl (C=O) groups is 1. The molecule has 0 aromatic carbocycles. The number of allylic oxidation sites excluding steroid dienone is 5. The lowest BCUT2D eigenvalue weighted by molar-refractivity contribution is -0.122. The second-order valence-corrected chi connectivity index (χ2v) is 10.3. The summed E-state index contributed by atoms with van der Waals surface area (Å²) in [6.45, 7) is 22.2. The molecule has 1 aromatic heterocycles. The number of nitrogens with one attached hydrogen (secondary N) is 2. The zero-order valence-electron chi connectivity index (χ0n) is 27.9. The molecule has 6 heteroatoms. The molecule has 2 atom stereocenters. The first kappa shape index (κ1) is 41.0. The lowest BCUT2D eigenvalue weighted by atomic mass is 9.88. The normalized spacial score (nSPS) is 14.6. The number of aromatic nitrogens is 1. The molecular weight excluding hydrogens is 523 g/mol. The third-order valence-electron chi connectivity index (χ3n) is 7.39. The van der Waals surface area contributed by atoms with Crippen LogP contribution in [0.3, 0.4) is 0 Å². The minimum absolute atomic E-state index is 0.272. The van der Waals surface area contributed by atoms with Gasteiger partial charge >= 0.3 is 0 Å². The third-order valence-corrected chi connectivity index (χ3v) is 7.39. The summed E-state index contributed by atoms with van der Waals surface area (Å²) < 4.78 is 0. The second kappa shape index (κ2) is 26.8. The monoisotopic (exact) mass is 586 g/mol. The van der Waals surface area contributed by atoms with Gasteiger partial charge in [-0.1, -0.05) is 90.9 Å². The highest BCUT2D eigenvalue weighted by Crippen LogP contribution is 2.27. The number of carbonyl (C=O) groups excluding carboxylic acids is 1. The van der Waals surface area contributed by atoms with E-state index in [-0.39, 0.29) is 5.92 Å². The van der Waals surface area contributed by atoms with Gasteiger partial charge in [0.1, 0.15) is 11.6 Å². The molecule has 1 aliphatic rings. The molecule has 2 unspecified atom stereocenters. The predicted octanol–water partition coefficient (Wildman–Crippen LogP) is 9.69. The first-order valence-electron chi connectivity index (χ1n) is 15.7. The molecule has 0 spiro atoms. The molecule has 234 valence electrons. The SMILES string of the molecule is C=C/C=C\C(=C/C)C(=N)C(CCC)CCC.CCCC.CNc1cc(C(C)N2CCC(C(C)=O)CC2)ccn1.CP. The zero-order valence-corrected chi connectivity index (χ0v) is 29.1. The number of rotatable bonds is 13. The Morgan fingerprint density at radius 2 is 1.71 bits per heavy atom. The largest absolute Gasteiger partial charge is 0.373 e. The first-order chi connectivity index (χ1) is 19.7. The van der Waals surface area contributed by atoms with E-state index in [0.29, 0.717) is 17.7 Å². The van der Waals surface area contributed by atoms with Gasteiger partial charge in [0, 0.05) is 36.8 Å². The number of piperidine rings is 1. The highest BCUT2D eigenvalue weighted by atomic mass is 31.0. The summed E-state index contributed by atoms with van der Waals surface area (Å²) in [7, 11) is 4.30. The smallest absolute Gasteiger partial charge is 0.133 e. The van der Waals surface area contributed by atoms with Crippen molar-refractivity contribution in [2.24, 2.45) is 11.8 Å². The molecule has 2 rings (SSSR count). The Balaban J connectivity index is 0. The van der Waals surface area contributed by atoms with Crippen molar-refractivity contribution in [3.05, 3.63) is 60.3 Å². The maximum atomic E-state index is 11.4. The number of unbranched alkanes of at least 4 members (excludes halogenated alkanes) is 1. The number of nitrogens with zero attached hydrogens (tertiary/aromatic N) is 2. The molecule has 0 aliphatic carbocycles. The van der Waals surface area contributed by atoms with E-state index in [4.69, 9.17) is 5.41 Å². The molecule has 2 heterocycles. The third kappa shape index (κ3) is 17.5. The number of hydrogen-bond donors (Lipinski definition) is 2. The Morgan fingerprint density at radius 3 is 2.12 bits per heavy atom. The van der Waals surface area contributed by atoms with E-state index in [1.165, 1.54) is 18.4 Å². The van der Waals surface area contributed by atoms with E-state index in [2.05, 4.69) is 77.8 Å². The van der Waals surface area contributed by atoms with E-state index < -0.39 is 0 Å². The van der Waals surface area contributed by atoms with E-state index >= 15 is 0 Å². The van der Waals surface area contributed by atoms with Crippen molar-refractivity contribution >= 4 is 26.6 Å². The fourth-order valence-corrected chi connectivity index (χ4v) is 4.63. The van der Waals surface area contributed by atoms with E-state index in [1.54, 1.807) is 13.0 Å². The number of hydrogen-bond acceptors (Lipinski definition) is 5. The number of ketones is 1. The summed E-state index contributed by atoms with van der Waals surface area (Å²) >= 11 is 0. The average Bonchev–Trinajstić information content (AvgIpc) is 3.02. The van der Waals surface area contributed by atoms with Crippen molar-refractivity contribution in [2.75, 3.05) is 32.1 Å². The van der Waals surface area contributed by atoms with Crippen LogP contribution in [0.15, 0.2) is 54.8 Å². The fourth-order valence-electron chi connectivity index (χ4n) is 4.63. The number of likely N-dealkylation sites (tertiary alicyclic amines) is 1. The molecule has 1 fully saturated rings. The molecule has 0 amide bonds. The van der Waals surface area contributed by atoms with Crippen LogP contribution in [-0.4, -0.2) is 48.2 Å². The van der Waals surface area contributed by atoms with Crippen molar-refractivity contribution in [3.8, 4) is 0 Å². The van der Waals surface area contributed by atoms with Crippen LogP contribution in [-0.2, 0) is 4.79 Å². The maximum absolute atomic E-state index is 11.4. The van der Waals surface area contributed by atoms with Gasteiger partial charge in [0.15, 0.2) is 0 Å². The second-order valence-electron chi connectivity index (χ2n) is 10.3. The fraction of sp³-hybridized carbons (Fsp3) is 0.629. The van der Waals surface area contributed by atoms with Crippen LogP contribution in [0.4, 0.5) is 5.82 Å².